The summed E-state index contributed by atoms with van der Waals surface area (Å²) in [5.41, 5.74) is 3.20. The van der Waals surface area contributed by atoms with Crippen molar-refractivity contribution in [3.63, 3.8) is 0 Å². The van der Waals surface area contributed by atoms with E-state index in [1.54, 1.807) is 7.05 Å². The number of hydrogen-bond acceptors (Lipinski definition) is 3. The van der Waals surface area contributed by atoms with E-state index in [0.29, 0.717) is 25.5 Å². The molecular formula is C22H29IN4O2. The number of aliphatic imine (C=N–C) groups is 1. The number of halogens is 1. The lowest BCUT2D eigenvalue weighted by Crippen LogP contribution is -2.40. The molecule has 0 saturated carbocycles. The Hall–Kier alpha value is -2.29. The summed E-state index contributed by atoms with van der Waals surface area (Å²) in [5, 5.41) is 9.59. The van der Waals surface area contributed by atoms with E-state index in [4.69, 9.17) is 4.74 Å². The second-order valence-corrected chi connectivity index (χ2v) is 7.15. The van der Waals surface area contributed by atoms with Crippen molar-refractivity contribution in [3.8, 4) is 5.75 Å². The first-order valence-electron chi connectivity index (χ1n) is 9.64. The molecule has 29 heavy (non-hydrogen) atoms. The molecule has 6 nitrogen and oxygen atoms in total. The van der Waals surface area contributed by atoms with E-state index in [2.05, 4.69) is 27.0 Å². The molecule has 7 heteroatoms. The maximum Gasteiger partial charge on any atom is 0.225 e. The maximum atomic E-state index is 12.0. The summed E-state index contributed by atoms with van der Waals surface area (Å²) >= 11 is 0. The second kappa shape index (κ2) is 11.0. The van der Waals surface area contributed by atoms with Crippen LogP contribution in [0.2, 0.25) is 0 Å². The van der Waals surface area contributed by atoms with Gasteiger partial charge in [0.15, 0.2) is 5.96 Å². The summed E-state index contributed by atoms with van der Waals surface area (Å²) in [5.74, 6) is 1.76. The minimum atomic E-state index is 0. The van der Waals surface area contributed by atoms with Gasteiger partial charge in [-0.2, -0.15) is 0 Å². The minimum Gasteiger partial charge on any atom is -0.491 e. The first-order valence-corrected chi connectivity index (χ1v) is 9.64. The van der Waals surface area contributed by atoms with E-state index < -0.39 is 0 Å². The van der Waals surface area contributed by atoms with Gasteiger partial charge in [0.2, 0.25) is 5.91 Å². The van der Waals surface area contributed by atoms with Gasteiger partial charge < -0.3 is 20.7 Å². The maximum absolute atomic E-state index is 12.0. The summed E-state index contributed by atoms with van der Waals surface area (Å²) in [6, 6.07) is 16.0. The number of rotatable bonds is 6. The number of carbonyl (C=O) groups is 1. The summed E-state index contributed by atoms with van der Waals surface area (Å²) in [6.45, 7) is 5.33. The number of amides is 1. The molecular weight excluding hydrogens is 479 g/mol. The molecule has 1 atom stereocenters. The molecule has 3 rings (SSSR count). The standard InChI is InChI=1S/C22H28N4O2.HI/c1-15(2)28-18-10-8-16(9-11-18)13-24-22(23-3)25-14-17-12-21(27)26-20-7-5-4-6-19(17)20;/h4-11,15,17H,12-14H2,1-3H3,(H,26,27)(H2,23,24,25);1H. The van der Waals surface area contributed by atoms with E-state index in [9.17, 15) is 4.79 Å². The summed E-state index contributed by atoms with van der Waals surface area (Å²) < 4.78 is 5.67. The lowest BCUT2D eigenvalue weighted by atomic mass is 9.90. The molecule has 0 aromatic heterocycles. The number of anilines is 1. The highest BCUT2D eigenvalue weighted by molar-refractivity contribution is 14.0. The van der Waals surface area contributed by atoms with Crippen LogP contribution in [0.3, 0.4) is 0 Å². The Bertz CT molecular complexity index is 837. The molecule has 2 aromatic carbocycles. The molecule has 1 unspecified atom stereocenters. The van der Waals surface area contributed by atoms with Crippen LogP contribution in [0, 0.1) is 0 Å². The Kier molecular flexibility index (Phi) is 8.75. The Balaban J connectivity index is 0.00000300. The predicted octanol–water partition coefficient (Wildman–Crippen LogP) is 3.88. The fourth-order valence-electron chi connectivity index (χ4n) is 3.27. The third-order valence-corrected chi connectivity index (χ3v) is 4.60. The van der Waals surface area contributed by atoms with Crippen LogP contribution < -0.4 is 20.7 Å². The van der Waals surface area contributed by atoms with Crippen LogP contribution in [0.5, 0.6) is 5.75 Å². The van der Waals surface area contributed by atoms with E-state index in [1.807, 2.05) is 56.3 Å². The molecule has 3 N–H and O–H groups in total. The van der Waals surface area contributed by atoms with Gasteiger partial charge in [0.25, 0.3) is 0 Å². The molecule has 1 amide bonds. The SMILES string of the molecule is CN=C(NCc1ccc(OC(C)C)cc1)NCC1CC(=O)Nc2ccccc21.I. The largest absolute Gasteiger partial charge is 0.491 e. The number of para-hydroxylation sites is 1. The first kappa shape index (κ1) is 23.0. The molecule has 1 aliphatic rings. The van der Waals surface area contributed by atoms with Crippen LogP contribution in [0.4, 0.5) is 5.69 Å². The molecule has 0 spiro atoms. The smallest absolute Gasteiger partial charge is 0.225 e. The van der Waals surface area contributed by atoms with Gasteiger partial charge in [0.1, 0.15) is 5.75 Å². The molecule has 0 aliphatic carbocycles. The monoisotopic (exact) mass is 508 g/mol. The number of guanidine groups is 1. The number of nitrogens with zero attached hydrogens (tertiary/aromatic N) is 1. The first-order chi connectivity index (χ1) is 13.5. The molecule has 156 valence electrons. The third kappa shape index (κ3) is 6.62. The second-order valence-electron chi connectivity index (χ2n) is 7.15. The number of benzene rings is 2. The van der Waals surface area contributed by atoms with Gasteiger partial charge in [-0.05, 0) is 43.2 Å². The van der Waals surface area contributed by atoms with Gasteiger partial charge in [0.05, 0.1) is 6.10 Å². The zero-order valence-electron chi connectivity index (χ0n) is 17.1. The zero-order chi connectivity index (χ0) is 19.9. The number of ether oxygens (including phenoxy) is 1. The van der Waals surface area contributed by atoms with E-state index >= 15 is 0 Å². The van der Waals surface area contributed by atoms with Gasteiger partial charge in [-0.3, -0.25) is 9.79 Å². The highest BCUT2D eigenvalue weighted by Gasteiger charge is 2.24. The molecule has 0 fully saturated rings. The molecule has 0 radical (unpaired) electrons. The van der Waals surface area contributed by atoms with Crippen molar-refractivity contribution in [1.82, 2.24) is 10.6 Å². The highest BCUT2D eigenvalue weighted by Crippen LogP contribution is 2.31. The van der Waals surface area contributed by atoms with Crippen molar-refractivity contribution in [2.75, 3.05) is 18.9 Å². The molecule has 2 aromatic rings. The van der Waals surface area contributed by atoms with Gasteiger partial charge in [-0.1, -0.05) is 30.3 Å². The lowest BCUT2D eigenvalue weighted by Gasteiger charge is -2.26. The third-order valence-electron chi connectivity index (χ3n) is 4.60. The van der Waals surface area contributed by atoms with E-state index in [0.717, 1.165) is 22.6 Å². The number of carbonyl (C=O) groups excluding carboxylic acids is 1. The topological polar surface area (TPSA) is 74.8 Å². The van der Waals surface area contributed by atoms with Crippen molar-refractivity contribution in [1.29, 1.82) is 0 Å². The fraction of sp³-hybridized carbons (Fsp3) is 0.364. The summed E-state index contributed by atoms with van der Waals surface area (Å²) in [7, 11) is 1.75. The van der Waals surface area contributed by atoms with Gasteiger partial charge in [-0.25, -0.2) is 0 Å². The van der Waals surface area contributed by atoms with Crippen molar-refractivity contribution >= 4 is 41.5 Å². The van der Waals surface area contributed by atoms with Crippen LogP contribution in [0.1, 0.15) is 37.3 Å². The van der Waals surface area contributed by atoms with Crippen molar-refractivity contribution in [2.45, 2.75) is 38.8 Å². The van der Waals surface area contributed by atoms with Crippen LogP contribution in [-0.4, -0.2) is 31.6 Å². The average molecular weight is 508 g/mol. The average Bonchev–Trinajstić information content (AvgIpc) is 2.68. The van der Waals surface area contributed by atoms with Crippen LogP contribution in [0.15, 0.2) is 53.5 Å². The Morgan fingerprint density at radius 1 is 1.17 bits per heavy atom. The number of hydrogen-bond donors (Lipinski definition) is 3. The highest BCUT2D eigenvalue weighted by atomic mass is 127. The van der Waals surface area contributed by atoms with Crippen molar-refractivity contribution in [2.24, 2.45) is 4.99 Å². The Morgan fingerprint density at radius 3 is 2.59 bits per heavy atom. The molecule has 1 heterocycles. The summed E-state index contributed by atoms with van der Waals surface area (Å²) in [6.07, 6.45) is 0.636. The van der Waals surface area contributed by atoms with Crippen LogP contribution >= 0.6 is 24.0 Å². The van der Waals surface area contributed by atoms with E-state index in [1.165, 1.54) is 0 Å². The van der Waals surface area contributed by atoms with Gasteiger partial charge in [-0.15, -0.1) is 24.0 Å². The molecule has 0 saturated heterocycles. The lowest BCUT2D eigenvalue weighted by molar-refractivity contribution is -0.116. The molecule has 1 aliphatic heterocycles. The Labute approximate surface area is 189 Å². The van der Waals surface area contributed by atoms with Crippen molar-refractivity contribution in [3.05, 3.63) is 59.7 Å². The molecule has 0 bridgehead atoms. The zero-order valence-corrected chi connectivity index (χ0v) is 19.4. The Morgan fingerprint density at radius 2 is 1.90 bits per heavy atom. The van der Waals surface area contributed by atoms with Crippen LogP contribution in [-0.2, 0) is 11.3 Å². The van der Waals surface area contributed by atoms with Crippen molar-refractivity contribution < 1.29 is 9.53 Å². The predicted molar refractivity (Wildman–Crippen MR) is 128 cm³/mol. The van der Waals surface area contributed by atoms with E-state index in [-0.39, 0.29) is 41.9 Å². The van der Waals surface area contributed by atoms with Gasteiger partial charge >= 0.3 is 0 Å². The van der Waals surface area contributed by atoms with Gasteiger partial charge in [0, 0.05) is 38.2 Å². The number of fused-ring (bicyclic) bond motifs is 1. The minimum absolute atomic E-state index is 0. The quantitative estimate of drug-likeness (QED) is 0.315. The van der Waals surface area contributed by atoms with Crippen LogP contribution in [0.25, 0.3) is 0 Å². The number of nitrogens with one attached hydrogen (secondary N) is 3. The summed E-state index contributed by atoms with van der Waals surface area (Å²) in [4.78, 5) is 16.2. The fourth-order valence-corrected chi connectivity index (χ4v) is 3.27. The normalized spacial score (nSPS) is 15.8.